The molecule has 1 aliphatic heterocycles. The molecule has 0 aliphatic carbocycles. The minimum atomic E-state index is 1.17. The highest BCUT2D eigenvalue weighted by atomic mass is 15.1. The van der Waals surface area contributed by atoms with Gasteiger partial charge in [-0.05, 0) is 65.6 Å². The van der Waals surface area contributed by atoms with E-state index in [-0.39, 0.29) is 0 Å². The number of piperidine rings is 1. The van der Waals surface area contributed by atoms with Gasteiger partial charge in [-0.2, -0.15) is 0 Å². The maximum atomic E-state index is 3.56. The molecule has 0 aromatic carbocycles. The molecule has 1 rings (SSSR count). The van der Waals surface area contributed by atoms with Crippen LogP contribution in [-0.4, -0.2) is 37.6 Å². The summed E-state index contributed by atoms with van der Waals surface area (Å²) in [5.41, 5.74) is 1.53. The Kier molecular flexibility index (Phi) is 8.37. The topological polar surface area (TPSA) is 15.3 Å². The van der Waals surface area contributed by atoms with E-state index in [0.717, 1.165) is 0 Å². The van der Waals surface area contributed by atoms with Gasteiger partial charge >= 0.3 is 0 Å². The SMILES string of the molecule is C/C=C(/C)CCCCNCCN1CCCCC1. The summed E-state index contributed by atoms with van der Waals surface area (Å²) in [5.74, 6) is 0. The molecule has 0 radical (unpaired) electrons. The summed E-state index contributed by atoms with van der Waals surface area (Å²) in [4.78, 5) is 2.60. The van der Waals surface area contributed by atoms with Crippen LogP contribution in [0.1, 0.15) is 52.4 Å². The number of hydrogen-bond donors (Lipinski definition) is 1. The average Bonchev–Trinajstić information content (AvgIpc) is 2.38. The summed E-state index contributed by atoms with van der Waals surface area (Å²) in [7, 11) is 0. The molecule has 0 unspecified atom stereocenters. The Bertz CT molecular complexity index is 205. The fourth-order valence-corrected chi connectivity index (χ4v) is 2.34. The Morgan fingerprint density at radius 1 is 1.12 bits per heavy atom. The third kappa shape index (κ3) is 7.56. The van der Waals surface area contributed by atoms with Crippen molar-refractivity contribution in [2.24, 2.45) is 0 Å². The summed E-state index contributed by atoms with van der Waals surface area (Å²) < 4.78 is 0. The van der Waals surface area contributed by atoms with Crippen LogP contribution in [0.3, 0.4) is 0 Å². The quantitative estimate of drug-likeness (QED) is 0.516. The third-order valence-electron chi connectivity index (χ3n) is 3.72. The van der Waals surface area contributed by atoms with Gasteiger partial charge in [-0.15, -0.1) is 0 Å². The number of nitrogens with zero attached hydrogens (tertiary/aromatic N) is 1. The molecule has 2 heteroatoms. The first-order valence-corrected chi connectivity index (χ1v) is 7.38. The van der Waals surface area contributed by atoms with Crippen molar-refractivity contribution in [1.29, 1.82) is 0 Å². The van der Waals surface area contributed by atoms with Crippen LogP contribution in [0.4, 0.5) is 0 Å². The molecule has 0 aromatic rings. The molecule has 1 saturated heterocycles. The smallest absolute Gasteiger partial charge is 0.0107 e. The number of likely N-dealkylation sites (tertiary alicyclic amines) is 1. The first-order valence-electron chi connectivity index (χ1n) is 7.38. The van der Waals surface area contributed by atoms with Crippen molar-refractivity contribution in [1.82, 2.24) is 10.2 Å². The molecule has 0 spiro atoms. The van der Waals surface area contributed by atoms with E-state index >= 15 is 0 Å². The Balaban J connectivity index is 1.84. The number of rotatable bonds is 8. The van der Waals surface area contributed by atoms with E-state index in [4.69, 9.17) is 0 Å². The van der Waals surface area contributed by atoms with E-state index in [1.807, 2.05) is 0 Å². The molecule has 0 aromatic heterocycles. The predicted molar refractivity (Wildman–Crippen MR) is 76.4 cm³/mol. The molecule has 0 saturated carbocycles. The molecule has 2 nitrogen and oxygen atoms in total. The van der Waals surface area contributed by atoms with E-state index in [0.29, 0.717) is 0 Å². The van der Waals surface area contributed by atoms with E-state index < -0.39 is 0 Å². The van der Waals surface area contributed by atoms with Gasteiger partial charge in [0.1, 0.15) is 0 Å². The Labute approximate surface area is 107 Å². The van der Waals surface area contributed by atoms with Crippen LogP contribution in [0.2, 0.25) is 0 Å². The molecular formula is C15H30N2. The highest BCUT2D eigenvalue weighted by Gasteiger charge is 2.08. The normalized spacial score (nSPS) is 18.6. The van der Waals surface area contributed by atoms with E-state index in [2.05, 4.69) is 30.1 Å². The lowest BCUT2D eigenvalue weighted by Gasteiger charge is -2.26. The van der Waals surface area contributed by atoms with Crippen molar-refractivity contribution in [3.8, 4) is 0 Å². The van der Waals surface area contributed by atoms with Crippen molar-refractivity contribution in [3.63, 3.8) is 0 Å². The maximum absolute atomic E-state index is 3.56. The van der Waals surface area contributed by atoms with Crippen molar-refractivity contribution in [3.05, 3.63) is 11.6 Å². The maximum Gasteiger partial charge on any atom is 0.0107 e. The molecular weight excluding hydrogens is 208 g/mol. The van der Waals surface area contributed by atoms with E-state index in [1.54, 1.807) is 0 Å². The van der Waals surface area contributed by atoms with Crippen LogP contribution in [0.25, 0.3) is 0 Å². The monoisotopic (exact) mass is 238 g/mol. The Morgan fingerprint density at radius 2 is 1.88 bits per heavy atom. The van der Waals surface area contributed by atoms with Crippen LogP contribution >= 0.6 is 0 Å². The third-order valence-corrected chi connectivity index (χ3v) is 3.72. The van der Waals surface area contributed by atoms with Crippen molar-refractivity contribution >= 4 is 0 Å². The van der Waals surface area contributed by atoms with Crippen molar-refractivity contribution in [2.75, 3.05) is 32.7 Å². The first-order chi connectivity index (χ1) is 8.33. The van der Waals surface area contributed by atoms with Crippen LogP contribution < -0.4 is 5.32 Å². The zero-order chi connectivity index (χ0) is 12.3. The highest BCUT2D eigenvalue weighted by molar-refractivity contribution is 4.94. The summed E-state index contributed by atoms with van der Waals surface area (Å²) in [6, 6.07) is 0. The number of unbranched alkanes of at least 4 members (excludes halogenated alkanes) is 1. The minimum Gasteiger partial charge on any atom is -0.315 e. The van der Waals surface area contributed by atoms with Gasteiger partial charge in [-0.25, -0.2) is 0 Å². The van der Waals surface area contributed by atoms with Gasteiger partial charge in [0.15, 0.2) is 0 Å². The summed E-state index contributed by atoms with van der Waals surface area (Å²) in [6.45, 7) is 10.6. The molecule has 1 heterocycles. The predicted octanol–water partition coefficient (Wildman–Crippen LogP) is 3.20. The second-order valence-electron chi connectivity index (χ2n) is 5.24. The fraction of sp³-hybridized carbons (Fsp3) is 0.867. The zero-order valence-corrected chi connectivity index (χ0v) is 11.8. The zero-order valence-electron chi connectivity index (χ0n) is 11.8. The van der Waals surface area contributed by atoms with Gasteiger partial charge < -0.3 is 10.2 Å². The second-order valence-corrected chi connectivity index (χ2v) is 5.24. The average molecular weight is 238 g/mol. The van der Waals surface area contributed by atoms with E-state index in [1.165, 1.54) is 76.8 Å². The van der Waals surface area contributed by atoms with Gasteiger partial charge in [0.25, 0.3) is 0 Å². The Morgan fingerprint density at radius 3 is 2.59 bits per heavy atom. The number of allylic oxidation sites excluding steroid dienone is 2. The van der Waals surface area contributed by atoms with E-state index in [9.17, 15) is 0 Å². The first kappa shape index (κ1) is 14.7. The lowest BCUT2D eigenvalue weighted by atomic mass is 10.1. The molecule has 1 fully saturated rings. The van der Waals surface area contributed by atoms with Gasteiger partial charge in [0, 0.05) is 13.1 Å². The molecule has 1 aliphatic rings. The van der Waals surface area contributed by atoms with Crippen LogP contribution in [0.15, 0.2) is 11.6 Å². The molecule has 1 N–H and O–H groups in total. The lowest BCUT2D eigenvalue weighted by Crippen LogP contribution is -2.36. The largest absolute Gasteiger partial charge is 0.315 e. The molecule has 0 bridgehead atoms. The van der Waals surface area contributed by atoms with Crippen LogP contribution in [-0.2, 0) is 0 Å². The van der Waals surface area contributed by atoms with Crippen molar-refractivity contribution < 1.29 is 0 Å². The fourth-order valence-electron chi connectivity index (χ4n) is 2.34. The standard InChI is InChI=1S/C15H30N2/c1-3-15(2)9-5-6-10-16-11-14-17-12-7-4-8-13-17/h3,16H,4-14H2,1-2H3/b15-3-. The van der Waals surface area contributed by atoms with Gasteiger partial charge in [-0.1, -0.05) is 18.1 Å². The number of nitrogens with one attached hydrogen (secondary N) is 1. The molecule has 100 valence electrons. The van der Waals surface area contributed by atoms with Gasteiger partial charge in [0.2, 0.25) is 0 Å². The van der Waals surface area contributed by atoms with Gasteiger partial charge in [0.05, 0.1) is 0 Å². The molecule has 0 atom stereocenters. The van der Waals surface area contributed by atoms with Crippen molar-refractivity contribution in [2.45, 2.75) is 52.4 Å². The van der Waals surface area contributed by atoms with Crippen LogP contribution in [0, 0.1) is 0 Å². The lowest BCUT2D eigenvalue weighted by molar-refractivity contribution is 0.229. The molecule has 0 amide bonds. The summed E-state index contributed by atoms with van der Waals surface area (Å²) in [5, 5.41) is 3.56. The summed E-state index contributed by atoms with van der Waals surface area (Å²) >= 11 is 0. The number of hydrogen-bond acceptors (Lipinski definition) is 2. The summed E-state index contributed by atoms with van der Waals surface area (Å²) in [6.07, 6.45) is 10.4. The Hall–Kier alpha value is -0.340. The van der Waals surface area contributed by atoms with Crippen LogP contribution in [0.5, 0.6) is 0 Å². The highest BCUT2D eigenvalue weighted by Crippen LogP contribution is 2.07. The molecule has 17 heavy (non-hydrogen) atoms. The second kappa shape index (κ2) is 9.67. The minimum absolute atomic E-state index is 1.17. The van der Waals surface area contributed by atoms with Gasteiger partial charge in [-0.3, -0.25) is 0 Å².